The summed E-state index contributed by atoms with van der Waals surface area (Å²) in [7, 11) is 0. The van der Waals surface area contributed by atoms with Crippen molar-refractivity contribution in [2.45, 2.75) is 19.3 Å². The fraction of sp³-hybridized carbons (Fsp3) is 0.462. The lowest BCUT2D eigenvalue weighted by Gasteiger charge is -2.27. The first-order chi connectivity index (χ1) is 8.76. The van der Waals surface area contributed by atoms with E-state index in [1.54, 1.807) is 17.1 Å². The normalized spacial score (nSPS) is 17.9. The van der Waals surface area contributed by atoms with Crippen LogP contribution in [0.1, 0.15) is 17.8 Å². The zero-order chi connectivity index (χ0) is 13.0. The molecule has 0 aromatic carbocycles. The van der Waals surface area contributed by atoms with E-state index in [9.17, 15) is 4.79 Å². The van der Waals surface area contributed by atoms with Crippen molar-refractivity contribution in [3.05, 3.63) is 36.7 Å². The molecule has 0 fully saturated rings. The van der Waals surface area contributed by atoms with E-state index in [2.05, 4.69) is 28.6 Å². The predicted octanol–water partition coefficient (Wildman–Crippen LogP) is 1.11. The molecule has 1 aliphatic carbocycles. The number of hydrogen-bond donors (Lipinski definition) is 1. The summed E-state index contributed by atoms with van der Waals surface area (Å²) in [6.07, 6.45) is 5.81. The Balaban J connectivity index is 2.05. The minimum atomic E-state index is 0.00231. The number of fused-ring (bicyclic) bond motifs is 1. The van der Waals surface area contributed by atoms with Crippen LogP contribution in [-0.4, -0.2) is 39.3 Å². The number of carbonyl (C=O) groups excluding carboxylic acids is 1. The fourth-order valence-electron chi connectivity index (χ4n) is 2.32. The Morgan fingerprint density at radius 2 is 2.00 bits per heavy atom. The third kappa shape index (κ3) is 2.50. The van der Waals surface area contributed by atoms with Crippen LogP contribution in [0.25, 0.3) is 0 Å². The van der Waals surface area contributed by atoms with Crippen molar-refractivity contribution in [3.8, 4) is 0 Å². The van der Waals surface area contributed by atoms with Gasteiger partial charge in [0.15, 0.2) is 0 Å². The Bertz CT molecular complexity index is 442. The molecule has 2 rings (SSSR count). The Morgan fingerprint density at radius 3 is 2.67 bits per heavy atom. The van der Waals surface area contributed by atoms with Gasteiger partial charge in [-0.1, -0.05) is 12.2 Å². The van der Waals surface area contributed by atoms with Gasteiger partial charge in [0.2, 0.25) is 5.91 Å². The highest BCUT2D eigenvalue weighted by atomic mass is 16.2. The van der Waals surface area contributed by atoms with Gasteiger partial charge in [-0.15, -0.1) is 13.2 Å². The van der Waals surface area contributed by atoms with Crippen molar-refractivity contribution in [2.24, 2.45) is 5.92 Å². The molecule has 1 heterocycles. The number of rotatable bonds is 5. The lowest BCUT2D eigenvalue weighted by molar-refractivity contribution is -0.134. The number of amides is 1. The minimum Gasteiger partial charge on any atom is -0.335 e. The van der Waals surface area contributed by atoms with Gasteiger partial charge in [0.1, 0.15) is 0 Å². The first-order valence-corrected chi connectivity index (χ1v) is 6.15. The zero-order valence-electron chi connectivity index (χ0n) is 10.4. The van der Waals surface area contributed by atoms with Gasteiger partial charge < -0.3 is 4.90 Å². The van der Waals surface area contributed by atoms with E-state index in [0.717, 1.165) is 24.2 Å². The topological polar surface area (TPSA) is 61.9 Å². The first-order valence-electron chi connectivity index (χ1n) is 6.15. The standard InChI is InChI=1S/C13H18N4O/c1-3-7-17(8-4-2)13(18)10-5-6-11-12(9-10)15-16-14-11/h3-4,10H,1-2,5-9H2,(H,14,15,16). The third-order valence-corrected chi connectivity index (χ3v) is 3.23. The summed E-state index contributed by atoms with van der Waals surface area (Å²) in [6.45, 7) is 8.49. The quantitative estimate of drug-likeness (QED) is 0.792. The van der Waals surface area contributed by atoms with Crippen LogP contribution in [0.2, 0.25) is 0 Å². The molecule has 18 heavy (non-hydrogen) atoms. The highest BCUT2D eigenvalue weighted by Crippen LogP contribution is 2.23. The molecule has 5 nitrogen and oxygen atoms in total. The average molecular weight is 246 g/mol. The van der Waals surface area contributed by atoms with Gasteiger partial charge >= 0.3 is 0 Å². The van der Waals surface area contributed by atoms with Crippen LogP contribution in [0, 0.1) is 5.92 Å². The van der Waals surface area contributed by atoms with Gasteiger partial charge in [0, 0.05) is 25.4 Å². The van der Waals surface area contributed by atoms with Crippen LogP contribution in [0.5, 0.6) is 0 Å². The molecular formula is C13H18N4O. The van der Waals surface area contributed by atoms with E-state index < -0.39 is 0 Å². The molecule has 5 heteroatoms. The molecule has 1 atom stereocenters. The van der Waals surface area contributed by atoms with Crippen LogP contribution in [0.15, 0.2) is 25.3 Å². The monoisotopic (exact) mass is 246 g/mol. The number of aromatic amines is 1. The molecule has 1 aromatic rings. The lowest BCUT2D eigenvalue weighted by atomic mass is 9.88. The van der Waals surface area contributed by atoms with Crippen molar-refractivity contribution in [3.63, 3.8) is 0 Å². The van der Waals surface area contributed by atoms with Gasteiger partial charge in [0.05, 0.1) is 11.4 Å². The molecule has 1 N–H and O–H groups in total. The minimum absolute atomic E-state index is 0.00231. The summed E-state index contributed by atoms with van der Waals surface area (Å²) < 4.78 is 0. The second-order valence-corrected chi connectivity index (χ2v) is 4.48. The summed E-state index contributed by atoms with van der Waals surface area (Å²) in [5, 5.41) is 10.8. The highest BCUT2D eigenvalue weighted by molar-refractivity contribution is 5.79. The van der Waals surface area contributed by atoms with Gasteiger partial charge in [-0.3, -0.25) is 4.79 Å². The molecule has 1 aromatic heterocycles. The molecule has 0 saturated carbocycles. The van der Waals surface area contributed by atoms with Crippen molar-refractivity contribution in [2.75, 3.05) is 13.1 Å². The number of nitrogens with zero attached hydrogens (tertiary/aromatic N) is 3. The maximum Gasteiger partial charge on any atom is 0.226 e. The van der Waals surface area contributed by atoms with Gasteiger partial charge in [-0.05, 0) is 12.8 Å². The Labute approximate surface area is 107 Å². The summed E-state index contributed by atoms with van der Waals surface area (Å²) in [5.41, 5.74) is 1.93. The number of aromatic nitrogens is 3. The Hall–Kier alpha value is -1.91. The van der Waals surface area contributed by atoms with E-state index in [0.29, 0.717) is 19.5 Å². The maximum absolute atomic E-state index is 12.4. The molecule has 0 saturated heterocycles. The number of aryl methyl sites for hydroxylation is 1. The van der Waals surface area contributed by atoms with Crippen molar-refractivity contribution >= 4 is 5.91 Å². The van der Waals surface area contributed by atoms with Crippen molar-refractivity contribution < 1.29 is 4.79 Å². The summed E-state index contributed by atoms with van der Waals surface area (Å²) in [5.74, 6) is 0.158. The lowest BCUT2D eigenvalue weighted by Crippen LogP contribution is -2.38. The molecule has 1 unspecified atom stereocenters. The molecule has 0 bridgehead atoms. The van der Waals surface area contributed by atoms with Crippen LogP contribution in [0.4, 0.5) is 0 Å². The Morgan fingerprint density at radius 1 is 1.33 bits per heavy atom. The van der Waals surface area contributed by atoms with E-state index in [1.165, 1.54) is 0 Å². The van der Waals surface area contributed by atoms with Crippen LogP contribution in [0.3, 0.4) is 0 Å². The number of H-pyrrole nitrogens is 1. The van der Waals surface area contributed by atoms with Crippen LogP contribution >= 0.6 is 0 Å². The summed E-state index contributed by atoms with van der Waals surface area (Å²) in [6, 6.07) is 0. The maximum atomic E-state index is 12.4. The largest absolute Gasteiger partial charge is 0.335 e. The number of nitrogens with one attached hydrogen (secondary N) is 1. The smallest absolute Gasteiger partial charge is 0.226 e. The van der Waals surface area contributed by atoms with E-state index in [4.69, 9.17) is 0 Å². The molecular weight excluding hydrogens is 228 g/mol. The molecule has 1 aliphatic rings. The fourth-order valence-corrected chi connectivity index (χ4v) is 2.32. The van der Waals surface area contributed by atoms with E-state index >= 15 is 0 Å². The molecule has 0 aliphatic heterocycles. The number of carbonyl (C=O) groups is 1. The van der Waals surface area contributed by atoms with E-state index in [1.807, 2.05) is 0 Å². The number of hydrogen-bond acceptors (Lipinski definition) is 3. The summed E-state index contributed by atoms with van der Waals surface area (Å²) >= 11 is 0. The predicted molar refractivity (Wildman–Crippen MR) is 68.9 cm³/mol. The third-order valence-electron chi connectivity index (χ3n) is 3.23. The van der Waals surface area contributed by atoms with Crippen LogP contribution < -0.4 is 0 Å². The molecule has 1 amide bonds. The molecule has 0 spiro atoms. The van der Waals surface area contributed by atoms with Gasteiger partial charge in [0.25, 0.3) is 0 Å². The van der Waals surface area contributed by atoms with Crippen molar-refractivity contribution in [1.29, 1.82) is 0 Å². The SMILES string of the molecule is C=CCN(CC=C)C(=O)C1CCc2n[nH]nc2C1. The van der Waals surface area contributed by atoms with E-state index in [-0.39, 0.29) is 11.8 Å². The highest BCUT2D eigenvalue weighted by Gasteiger charge is 2.29. The second kappa shape index (κ2) is 5.62. The molecule has 0 radical (unpaired) electrons. The van der Waals surface area contributed by atoms with Crippen molar-refractivity contribution in [1.82, 2.24) is 20.3 Å². The average Bonchev–Trinajstić information content (AvgIpc) is 2.84. The zero-order valence-corrected chi connectivity index (χ0v) is 10.4. The molecule has 96 valence electrons. The first kappa shape index (κ1) is 12.5. The van der Waals surface area contributed by atoms with Gasteiger partial charge in [-0.2, -0.15) is 15.4 Å². The van der Waals surface area contributed by atoms with Crippen LogP contribution in [-0.2, 0) is 17.6 Å². The summed E-state index contributed by atoms with van der Waals surface area (Å²) in [4.78, 5) is 14.2. The Kier molecular flexibility index (Phi) is 3.92. The van der Waals surface area contributed by atoms with Gasteiger partial charge in [-0.25, -0.2) is 0 Å². The second-order valence-electron chi connectivity index (χ2n) is 4.48.